The van der Waals surface area contributed by atoms with Gasteiger partial charge in [-0.25, -0.2) is 9.97 Å². The first kappa shape index (κ1) is 17.2. The van der Waals surface area contributed by atoms with Crippen LogP contribution in [0, 0.1) is 0 Å². The van der Waals surface area contributed by atoms with Crippen molar-refractivity contribution in [3.05, 3.63) is 54.5 Å². The van der Waals surface area contributed by atoms with Crippen molar-refractivity contribution >= 4 is 17.5 Å². The van der Waals surface area contributed by atoms with E-state index in [1.807, 2.05) is 30.3 Å². The van der Waals surface area contributed by atoms with E-state index in [1.165, 1.54) is 0 Å². The normalized spacial score (nSPS) is 14.9. The lowest BCUT2D eigenvalue weighted by molar-refractivity contribution is 0.101. The maximum atomic E-state index is 12.4. The van der Waals surface area contributed by atoms with E-state index in [2.05, 4.69) is 37.3 Å². The molecule has 1 aliphatic heterocycles. The van der Waals surface area contributed by atoms with Crippen LogP contribution in [0.25, 0.3) is 11.3 Å². The number of carbonyl (C=O) groups is 1. The summed E-state index contributed by atoms with van der Waals surface area (Å²) in [6.07, 6.45) is 3.22. The van der Waals surface area contributed by atoms with E-state index in [-0.39, 0.29) is 11.6 Å². The molecule has 138 valence electrons. The number of amides is 1. The summed E-state index contributed by atoms with van der Waals surface area (Å²) in [5.74, 6) is 0.855. The van der Waals surface area contributed by atoms with Crippen LogP contribution in [-0.4, -0.2) is 59.2 Å². The highest BCUT2D eigenvalue weighted by Crippen LogP contribution is 2.20. The Morgan fingerprint density at radius 2 is 1.78 bits per heavy atom. The van der Waals surface area contributed by atoms with E-state index in [9.17, 15) is 4.79 Å². The Morgan fingerprint density at radius 3 is 2.48 bits per heavy atom. The van der Waals surface area contributed by atoms with Crippen LogP contribution in [0.1, 0.15) is 10.5 Å². The second-order valence-corrected chi connectivity index (χ2v) is 6.46. The van der Waals surface area contributed by atoms with Gasteiger partial charge in [-0.3, -0.25) is 4.79 Å². The molecule has 0 unspecified atom stereocenters. The minimum atomic E-state index is -0.364. The number of aromatic nitrogens is 3. The molecule has 1 N–H and O–H groups in total. The molecule has 2 aromatic heterocycles. The number of benzene rings is 1. The summed E-state index contributed by atoms with van der Waals surface area (Å²) in [7, 11) is 2.10. The Balaban J connectivity index is 1.40. The largest absolute Gasteiger partial charge is 0.355 e. The highest BCUT2D eigenvalue weighted by Gasteiger charge is 2.17. The Kier molecular flexibility index (Phi) is 4.80. The molecule has 0 bridgehead atoms. The van der Waals surface area contributed by atoms with Gasteiger partial charge in [0.15, 0.2) is 11.5 Å². The first-order valence-electron chi connectivity index (χ1n) is 8.78. The number of nitrogens with zero attached hydrogens (tertiary/aromatic N) is 5. The number of nitrogens with one attached hydrogen (secondary N) is 1. The van der Waals surface area contributed by atoms with Crippen molar-refractivity contribution in [2.24, 2.45) is 0 Å². The Labute approximate surface area is 156 Å². The molecule has 8 heteroatoms. The zero-order valence-electron chi connectivity index (χ0n) is 15.0. The number of anilines is 2. The zero-order valence-corrected chi connectivity index (χ0v) is 15.0. The lowest BCUT2D eigenvalue weighted by Gasteiger charge is -2.32. The summed E-state index contributed by atoms with van der Waals surface area (Å²) in [6.45, 7) is 3.75. The van der Waals surface area contributed by atoms with Gasteiger partial charge >= 0.3 is 0 Å². The summed E-state index contributed by atoms with van der Waals surface area (Å²) in [6, 6.07) is 11.1. The third kappa shape index (κ3) is 3.95. The molecule has 3 aromatic rings. The van der Waals surface area contributed by atoms with Gasteiger partial charge in [0.1, 0.15) is 0 Å². The Hall–Kier alpha value is -3.26. The second-order valence-electron chi connectivity index (χ2n) is 6.46. The van der Waals surface area contributed by atoms with Crippen molar-refractivity contribution < 1.29 is 9.32 Å². The SMILES string of the molecule is CN1CCN(c2ncc(NC(=O)c3cc(-c4ccccc4)on3)cn2)CC1. The third-order valence-corrected chi connectivity index (χ3v) is 4.48. The molecule has 27 heavy (non-hydrogen) atoms. The first-order valence-corrected chi connectivity index (χ1v) is 8.78. The highest BCUT2D eigenvalue weighted by molar-refractivity contribution is 6.03. The van der Waals surface area contributed by atoms with E-state index in [0.29, 0.717) is 17.4 Å². The zero-order chi connectivity index (χ0) is 18.6. The van der Waals surface area contributed by atoms with Crippen LogP contribution in [0.15, 0.2) is 53.3 Å². The van der Waals surface area contributed by atoms with Crippen LogP contribution in [0.4, 0.5) is 11.6 Å². The topological polar surface area (TPSA) is 87.4 Å². The average Bonchev–Trinajstić information content (AvgIpc) is 3.20. The maximum absolute atomic E-state index is 12.4. The third-order valence-electron chi connectivity index (χ3n) is 4.48. The summed E-state index contributed by atoms with van der Waals surface area (Å²) in [4.78, 5) is 25.5. The fourth-order valence-corrected chi connectivity index (χ4v) is 2.87. The molecular weight excluding hydrogens is 344 g/mol. The van der Waals surface area contributed by atoms with Gasteiger partial charge in [0.2, 0.25) is 5.95 Å². The van der Waals surface area contributed by atoms with Gasteiger partial charge in [-0.1, -0.05) is 35.5 Å². The molecule has 1 fully saturated rings. The van der Waals surface area contributed by atoms with Gasteiger partial charge in [0.05, 0.1) is 18.1 Å². The molecule has 4 rings (SSSR count). The molecule has 8 nitrogen and oxygen atoms in total. The molecule has 1 amide bonds. The van der Waals surface area contributed by atoms with Gasteiger partial charge in [0, 0.05) is 37.8 Å². The number of rotatable bonds is 4. The molecule has 1 aromatic carbocycles. The number of piperazine rings is 1. The minimum absolute atomic E-state index is 0.206. The van der Waals surface area contributed by atoms with Gasteiger partial charge < -0.3 is 19.6 Å². The molecule has 0 radical (unpaired) electrons. The van der Waals surface area contributed by atoms with Crippen LogP contribution in [-0.2, 0) is 0 Å². The predicted octanol–water partition coefficient (Wildman–Crippen LogP) is 2.14. The monoisotopic (exact) mass is 364 g/mol. The van der Waals surface area contributed by atoms with Crippen molar-refractivity contribution in [3.8, 4) is 11.3 Å². The number of hydrogen-bond donors (Lipinski definition) is 1. The molecule has 3 heterocycles. The van der Waals surface area contributed by atoms with Crippen molar-refractivity contribution in [2.45, 2.75) is 0 Å². The van der Waals surface area contributed by atoms with Crippen LogP contribution < -0.4 is 10.2 Å². The highest BCUT2D eigenvalue weighted by atomic mass is 16.5. The number of likely N-dealkylation sites (N-methyl/N-ethyl adjacent to an activating group) is 1. The predicted molar refractivity (Wildman–Crippen MR) is 102 cm³/mol. The standard InChI is InChI=1S/C19H20N6O2/c1-24-7-9-25(10-8-24)19-20-12-15(13-21-19)22-18(26)16-11-17(27-23-16)14-5-3-2-4-6-14/h2-6,11-13H,7-10H2,1H3,(H,22,26). The second kappa shape index (κ2) is 7.55. The summed E-state index contributed by atoms with van der Waals surface area (Å²) < 4.78 is 5.26. The first-order chi connectivity index (χ1) is 13.2. The van der Waals surface area contributed by atoms with Crippen LogP contribution in [0.3, 0.4) is 0 Å². The van der Waals surface area contributed by atoms with Crippen molar-refractivity contribution in [1.82, 2.24) is 20.0 Å². The van der Waals surface area contributed by atoms with E-state index < -0.39 is 0 Å². The number of carbonyl (C=O) groups excluding carboxylic acids is 1. The average molecular weight is 364 g/mol. The van der Waals surface area contributed by atoms with E-state index in [1.54, 1.807) is 18.5 Å². The van der Waals surface area contributed by atoms with Gasteiger partial charge in [-0.2, -0.15) is 0 Å². The fraction of sp³-hybridized carbons (Fsp3) is 0.263. The molecule has 0 atom stereocenters. The smallest absolute Gasteiger partial charge is 0.277 e. The molecule has 0 saturated carbocycles. The minimum Gasteiger partial charge on any atom is -0.355 e. The number of hydrogen-bond acceptors (Lipinski definition) is 7. The molecule has 0 spiro atoms. The molecule has 1 saturated heterocycles. The van der Waals surface area contributed by atoms with Crippen molar-refractivity contribution in [1.29, 1.82) is 0 Å². The van der Waals surface area contributed by atoms with Gasteiger partial charge in [-0.15, -0.1) is 0 Å². The Morgan fingerprint density at radius 1 is 1.07 bits per heavy atom. The summed E-state index contributed by atoms with van der Waals surface area (Å²) in [5.41, 5.74) is 1.59. The van der Waals surface area contributed by atoms with E-state index >= 15 is 0 Å². The van der Waals surface area contributed by atoms with Gasteiger partial charge in [0.25, 0.3) is 5.91 Å². The van der Waals surface area contributed by atoms with E-state index in [0.717, 1.165) is 31.7 Å². The van der Waals surface area contributed by atoms with Crippen molar-refractivity contribution in [2.75, 3.05) is 43.4 Å². The van der Waals surface area contributed by atoms with Gasteiger partial charge in [-0.05, 0) is 7.05 Å². The molecule has 1 aliphatic rings. The lowest BCUT2D eigenvalue weighted by Crippen LogP contribution is -2.45. The van der Waals surface area contributed by atoms with E-state index in [4.69, 9.17) is 4.52 Å². The van der Waals surface area contributed by atoms with Crippen LogP contribution in [0.5, 0.6) is 0 Å². The molecular formula is C19H20N6O2. The quantitative estimate of drug-likeness (QED) is 0.759. The maximum Gasteiger partial charge on any atom is 0.277 e. The lowest BCUT2D eigenvalue weighted by atomic mass is 10.1. The summed E-state index contributed by atoms with van der Waals surface area (Å²) in [5, 5.41) is 6.59. The summed E-state index contributed by atoms with van der Waals surface area (Å²) >= 11 is 0. The van der Waals surface area contributed by atoms with Crippen LogP contribution in [0.2, 0.25) is 0 Å². The van der Waals surface area contributed by atoms with Crippen LogP contribution >= 0.6 is 0 Å². The fourth-order valence-electron chi connectivity index (χ4n) is 2.87. The van der Waals surface area contributed by atoms with Crippen molar-refractivity contribution in [3.63, 3.8) is 0 Å². The Bertz CT molecular complexity index is 901. The molecule has 0 aliphatic carbocycles.